The van der Waals surface area contributed by atoms with E-state index in [4.69, 9.17) is 5.73 Å². The monoisotopic (exact) mass is 213 g/mol. The minimum absolute atomic E-state index is 0.208. The fraction of sp³-hybridized carbons (Fsp3) is 0.917. The van der Waals surface area contributed by atoms with Gasteiger partial charge in [0.25, 0.3) is 0 Å². The van der Waals surface area contributed by atoms with Crippen LogP contribution in [0, 0.1) is 17.8 Å². The molecule has 1 aliphatic rings. The fourth-order valence-electron chi connectivity index (χ4n) is 2.97. The summed E-state index contributed by atoms with van der Waals surface area (Å²) in [5.41, 5.74) is 5.50. The van der Waals surface area contributed by atoms with Crippen molar-refractivity contribution in [2.75, 3.05) is 6.54 Å². The van der Waals surface area contributed by atoms with Crippen LogP contribution in [0.25, 0.3) is 0 Å². The Labute approximate surface area is 92.0 Å². The van der Waals surface area contributed by atoms with Crippen molar-refractivity contribution in [3.05, 3.63) is 0 Å². The number of aliphatic carboxylic acids is 1. The minimum Gasteiger partial charge on any atom is -0.481 e. The van der Waals surface area contributed by atoms with Crippen LogP contribution in [0.2, 0.25) is 0 Å². The highest BCUT2D eigenvalue weighted by Crippen LogP contribution is 2.38. The minimum atomic E-state index is -0.647. The summed E-state index contributed by atoms with van der Waals surface area (Å²) in [5, 5.41) is 9.21. The lowest BCUT2D eigenvalue weighted by Crippen LogP contribution is -2.33. The Kier molecular flexibility index (Phi) is 5.09. The summed E-state index contributed by atoms with van der Waals surface area (Å²) in [7, 11) is 0. The molecule has 3 nitrogen and oxygen atoms in total. The summed E-state index contributed by atoms with van der Waals surface area (Å²) in [6, 6.07) is 0. The number of nitrogens with two attached hydrogens (primary N) is 1. The van der Waals surface area contributed by atoms with Gasteiger partial charge in [-0.25, -0.2) is 0 Å². The van der Waals surface area contributed by atoms with Crippen molar-refractivity contribution in [2.45, 2.75) is 45.4 Å². The number of carbonyl (C=O) groups is 1. The molecule has 3 atom stereocenters. The van der Waals surface area contributed by atoms with Crippen LogP contribution >= 0.6 is 0 Å². The Morgan fingerprint density at radius 2 is 2.13 bits per heavy atom. The van der Waals surface area contributed by atoms with Crippen molar-refractivity contribution in [2.24, 2.45) is 23.5 Å². The van der Waals surface area contributed by atoms with E-state index in [-0.39, 0.29) is 5.92 Å². The molecule has 1 fully saturated rings. The molecule has 0 bridgehead atoms. The Morgan fingerprint density at radius 1 is 1.47 bits per heavy atom. The van der Waals surface area contributed by atoms with Gasteiger partial charge in [0, 0.05) is 0 Å². The van der Waals surface area contributed by atoms with Crippen molar-refractivity contribution in [1.82, 2.24) is 0 Å². The predicted molar refractivity (Wildman–Crippen MR) is 60.5 cm³/mol. The molecule has 3 heteroatoms. The van der Waals surface area contributed by atoms with Gasteiger partial charge in [0.05, 0.1) is 5.92 Å². The molecule has 0 aromatic carbocycles. The molecule has 3 N–H and O–H groups in total. The summed E-state index contributed by atoms with van der Waals surface area (Å²) in [4.78, 5) is 11.2. The van der Waals surface area contributed by atoms with E-state index in [1.165, 1.54) is 19.3 Å². The fourth-order valence-corrected chi connectivity index (χ4v) is 2.97. The van der Waals surface area contributed by atoms with E-state index < -0.39 is 5.97 Å². The lowest BCUT2D eigenvalue weighted by atomic mass is 9.70. The third-order valence-electron chi connectivity index (χ3n) is 3.80. The Balaban J connectivity index is 2.65. The smallest absolute Gasteiger partial charge is 0.306 e. The molecule has 0 aliphatic heterocycles. The molecule has 0 spiro atoms. The molecule has 0 aromatic heterocycles. The molecule has 3 unspecified atom stereocenters. The predicted octanol–water partition coefficient (Wildman–Crippen LogP) is 2.25. The maximum Gasteiger partial charge on any atom is 0.306 e. The van der Waals surface area contributed by atoms with Gasteiger partial charge in [-0.05, 0) is 31.2 Å². The van der Waals surface area contributed by atoms with E-state index in [1.807, 2.05) is 0 Å². The lowest BCUT2D eigenvalue weighted by molar-refractivity contribution is -0.145. The van der Waals surface area contributed by atoms with Crippen molar-refractivity contribution < 1.29 is 9.90 Å². The average Bonchev–Trinajstić information content (AvgIpc) is 2.25. The number of rotatable bonds is 5. The summed E-state index contributed by atoms with van der Waals surface area (Å²) in [6.07, 6.45) is 6.49. The molecular formula is C12H23NO2. The van der Waals surface area contributed by atoms with Gasteiger partial charge in [0.2, 0.25) is 0 Å². The van der Waals surface area contributed by atoms with Crippen LogP contribution in [-0.2, 0) is 4.79 Å². The third-order valence-corrected chi connectivity index (χ3v) is 3.80. The third kappa shape index (κ3) is 3.20. The second kappa shape index (κ2) is 6.11. The van der Waals surface area contributed by atoms with Crippen molar-refractivity contribution in [3.63, 3.8) is 0 Å². The highest BCUT2D eigenvalue weighted by atomic mass is 16.4. The molecule has 88 valence electrons. The molecule has 1 aliphatic carbocycles. The second-order valence-electron chi connectivity index (χ2n) is 4.64. The van der Waals surface area contributed by atoms with Gasteiger partial charge in [-0.15, -0.1) is 0 Å². The zero-order chi connectivity index (χ0) is 11.3. The normalized spacial score (nSPS) is 28.7. The van der Waals surface area contributed by atoms with Gasteiger partial charge < -0.3 is 10.8 Å². The first kappa shape index (κ1) is 12.5. The van der Waals surface area contributed by atoms with Crippen LogP contribution in [0.5, 0.6) is 0 Å². The molecule has 0 amide bonds. The maximum atomic E-state index is 11.2. The highest BCUT2D eigenvalue weighted by molar-refractivity contribution is 5.70. The highest BCUT2D eigenvalue weighted by Gasteiger charge is 2.34. The van der Waals surface area contributed by atoms with Crippen LogP contribution in [0.3, 0.4) is 0 Å². The molecule has 0 heterocycles. The lowest BCUT2D eigenvalue weighted by Gasteiger charge is -2.34. The first-order valence-corrected chi connectivity index (χ1v) is 6.13. The van der Waals surface area contributed by atoms with E-state index in [1.54, 1.807) is 0 Å². The standard InChI is InChI=1S/C12H23NO2/c1-2-9-5-3-4-6-10(9)11(7-8-13)12(14)15/h9-11H,2-8,13H2,1H3,(H,14,15). The zero-order valence-corrected chi connectivity index (χ0v) is 9.61. The number of hydrogen-bond acceptors (Lipinski definition) is 2. The molecule has 0 saturated heterocycles. The zero-order valence-electron chi connectivity index (χ0n) is 9.61. The summed E-state index contributed by atoms with van der Waals surface area (Å²) >= 11 is 0. The first-order chi connectivity index (χ1) is 7.20. The van der Waals surface area contributed by atoms with Crippen molar-refractivity contribution >= 4 is 5.97 Å². The number of hydrogen-bond donors (Lipinski definition) is 2. The van der Waals surface area contributed by atoms with Crippen LogP contribution in [0.15, 0.2) is 0 Å². The number of carboxylic acids is 1. The SMILES string of the molecule is CCC1CCCCC1C(CCN)C(=O)O. The average molecular weight is 213 g/mol. The molecular weight excluding hydrogens is 190 g/mol. The molecule has 0 aromatic rings. The Bertz CT molecular complexity index is 206. The summed E-state index contributed by atoms with van der Waals surface area (Å²) in [5.74, 6) is 0.113. The number of carboxylic acid groups (broad SMARTS) is 1. The summed E-state index contributed by atoms with van der Waals surface area (Å²) < 4.78 is 0. The molecule has 15 heavy (non-hydrogen) atoms. The second-order valence-corrected chi connectivity index (χ2v) is 4.64. The van der Waals surface area contributed by atoms with Gasteiger partial charge in [-0.1, -0.05) is 32.6 Å². The largest absolute Gasteiger partial charge is 0.481 e. The van der Waals surface area contributed by atoms with E-state index in [0.717, 1.165) is 12.8 Å². The topological polar surface area (TPSA) is 63.3 Å². The Morgan fingerprint density at radius 3 is 2.67 bits per heavy atom. The van der Waals surface area contributed by atoms with Crippen LogP contribution in [-0.4, -0.2) is 17.6 Å². The van der Waals surface area contributed by atoms with Gasteiger partial charge in [-0.3, -0.25) is 4.79 Å². The maximum absolute atomic E-state index is 11.2. The van der Waals surface area contributed by atoms with Crippen molar-refractivity contribution in [1.29, 1.82) is 0 Å². The van der Waals surface area contributed by atoms with E-state index >= 15 is 0 Å². The molecule has 1 rings (SSSR count). The van der Waals surface area contributed by atoms with Gasteiger partial charge >= 0.3 is 5.97 Å². The van der Waals surface area contributed by atoms with Gasteiger partial charge in [0.1, 0.15) is 0 Å². The summed E-state index contributed by atoms with van der Waals surface area (Å²) in [6.45, 7) is 2.66. The van der Waals surface area contributed by atoms with E-state index in [9.17, 15) is 9.90 Å². The van der Waals surface area contributed by atoms with E-state index in [0.29, 0.717) is 24.8 Å². The van der Waals surface area contributed by atoms with Crippen LogP contribution in [0.1, 0.15) is 45.4 Å². The van der Waals surface area contributed by atoms with Gasteiger partial charge in [0.15, 0.2) is 0 Å². The van der Waals surface area contributed by atoms with Crippen LogP contribution < -0.4 is 5.73 Å². The van der Waals surface area contributed by atoms with Crippen LogP contribution in [0.4, 0.5) is 0 Å². The molecule has 1 saturated carbocycles. The Hall–Kier alpha value is -0.570. The van der Waals surface area contributed by atoms with Gasteiger partial charge in [-0.2, -0.15) is 0 Å². The van der Waals surface area contributed by atoms with Crippen molar-refractivity contribution in [3.8, 4) is 0 Å². The van der Waals surface area contributed by atoms with E-state index in [2.05, 4.69) is 6.92 Å². The molecule has 0 radical (unpaired) electrons. The quantitative estimate of drug-likeness (QED) is 0.736. The first-order valence-electron chi connectivity index (χ1n) is 6.13.